The average Bonchev–Trinajstić information content (AvgIpc) is 3.98. The van der Waals surface area contributed by atoms with E-state index < -0.39 is 17.7 Å². The molecule has 0 aliphatic carbocycles. The summed E-state index contributed by atoms with van der Waals surface area (Å²) >= 11 is 3.73. The molecule has 18 heteroatoms. The van der Waals surface area contributed by atoms with Crippen molar-refractivity contribution >= 4 is 55.7 Å². The number of amides is 3. The molecule has 1 saturated heterocycles. The Morgan fingerprint density at radius 3 is 1.97 bits per heavy atom. The topological polar surface area (TPSA) is 179 Å². The maximum Gasteiger partial charge on any atom is 0.298 e. The van der Waals surface area contributed by atoms with Gasteiger partial charge in [-0.2, -0.15) is 20.2 Å². The van der Waals surface area contributed by atoms with Crippen LogP contribution < -0.4 is 21.7 Å². The molecule has 328 valence electrons. The number of halogens is 1. The van der Waals surface area contributed by atoms with Crippen LogP contribution in [-0.4, -0.2) is 99.9 Å². The maximum absolute atomic E-state index is 14.1. The first-order chi connectivity index (χ1) is 29.7. The van der Waals surface area contributed by atoms with E-state index in [1.54, 1.807) is 38.2 Å². The molecule has 0 radical (unpaired) electrons. The second-order valence-electron chi connectivity index (χ2n) is 15.7. The molecule has 2 N–H and O–H groups in total. The average molecular weight is 912 g/mol. The quantitative estimate of drug-likeness (QED) is 0.120. The Kier molecular flexibility index (Phi) is 13.3. The third-order valence-corrected chi connectivity index (χ3v) is 12.0. The maximum atomic E-state index is 14.1. The van der Waals surface area contributed by atoms with Gasteiger partial charge in [-0.05, 0) is 100 Å². The van der Waals surface area contributed by atoms with Crippen molar-refractivity contribution in [2.75, 3.05) is 39.5 Å². The summed E-state index contributed by atoms with van der Waals surface area (Å²) in [5.41, 5.74) is 14.2. The zero-order chi connectivity index (χ0) is 44.4. The highest BCUT2D eigenvalue weighted by molar-refractivity contribution is 9.10. The van der Waals surface area contributed by atoms with Crippen LogP contribution >= 0.6 is 15.9 Å². The predicted molar refractivity (Wildman–Crippen MR) is 239 cm³/mol. The number of hydrogen-bond acceptors (Lipinski definition) is 8. The number of aryl methyl sites for hydroxylation is 6. The summed E-state index contributed by atoms with van der Waals surface area (Å²) in [5.74, 6) is -0.997. The number of benzene rings is 2. The largest absolute Gasteiger partial charge is 0.491 e. The normalized spacial score (nSPS) is 14.7. The lowest BCUT2D eigenvalue weighted by atomic mass is 10.1. The third kappa shape index (κ3) is 8.89. The van der Waals surface area contributed by atoms with Gasteiger partial charge in [0.25, 0.3) is 11.8 Å². The van der Waals surface area contributed by atoms with Crippen LogP contribution in [0.3, 0.4) is 0 Å². The Labute approximate surface area is 367 Å². The van der Waals surface area contributed by atoms with Crippen LogP contribution in [0.1, 0.15) is 76.8 Å². The summed E-state index contributed by atoms with van der Waals surface area (Å²) in [7, 11) is 3.71. The molecule has 1 aliphatic rings. The second-order valence-corrected chi connectivity index (χ2v) is 16.6. The molecule has 0 spiro atoms. The Balaban J connectivity index is 1.35. The van der Waals surface area contributed by atoms with Crippen molar-refractivity contribution in [3.8, 4) is 5.75 Å². The molecule has 1 aliphatic heterocycles. The molecule has 1 fully saturated rings. The Bertz CT molecular complexity index is 2880. The van der Waals surface area contributed by atoms with Crippen LogP contribution in [0.15, 0.2) is 68.1 Å². The molecule has 0 atom stereocenters. The first-order valence-electron chi connectivity index (χ1n) is 20.9. The van der Waals surface area contributed by atoms with Gasteiger partial charge in [0.15, 0.2) is 0 Å². The molecule has 0 saturated carbocycles. The van der Waals surface area contributed by atoms with Crippen molar-refractivity contribution in [2.45, 2.75) is 74.1 Å². The minimum atomic E-state index is -0.602. The van der Waals surface area contributed by atoms with E-state index in [-0.39, 0.29) is 5.56 Å². The summed E-state index contributed by atoms with van der Waals surface area (Å²) in [4.78, 5) is 52.4. The van der Waals surface area contributed by atoms with Crippen LogP contribution in [-0.2, 0) is 45.0 Å². The number of rotatable bonds is 14. The Hall–Kier alpha value is -5.85. The molecule has 4 aromatic heterocycles. The zero-order valence-electron chi connectivity index (χ0n) is 36.7. The fraction of sp³-hybridized carbons (Fsp3) is 0.432. The second kappa shape index (κ2) is 18.6. The third-order valence-electron chi connectivity index (χ3n) is 11.4. The smallest absolute Gasteiger partial charge is 0.298 e. The zero-order valence-corrected chi connectivity index (χ0v) is 38.3. The number of allylic oxidation sites excluding steroid dienone is 2. The van der Waals surface area contributed by atoms with Crippen LogP contribution in [0.25, 0.3) is 22.1 Å². The number of fused-ring (bicyclic) bond motifs is 2. The molecule has 0 unspecified atom stereocenters. The highest BCUT2D eigenvalue weighted by Gasteiger charge is 2.23. The molecule has 62 heavy (non-hydrogen) atoms. The Morgan fingerprint density at radius 2 is 1.39 bits per heavy atom. The molecule has 2 aromatic carbocycles. The minimum Gasteiger partial charge on any atom is -0.491 e. The van der Waals surface area contributed by atoms with E-state index in [2.05, 4.69) is 31.0 Å². The van der Waals surface area contributed by atoms with E-state index in [4.69, 9.17) is 25.2 Å². The number of nitrogens with two attached hydrogens (primary N) is 1. The van der Waals surface area contributed by atoms with E-state index in [9.17, 15) is 14.4 Å². The van der Waals surface area contributed by atoms with Crippen molar-refractivity contribution in [2.24, 2.45) is 29.8 Å². The number of morpholine rings is 1. The standard InChI is InChI=1S/C44H55BrN12O5/c1-9-56-35(21-29(5)49-56)41(59)47-43-51(7)34-23-31(40(46)58)24-37(62-18-12-15-53-16-19-61-20-17-53)39(34)55(43)26-28(4)27(3)25-54-33-14-11-13-32(45)38(33)52(8)44(54)48-42(60)36-22-30(6)50-57(36)10-2/h11,13-14,21-24H,9-10,12,15-20,25-26H2,1-8H3,(H2,46,58)/b28-27+,47-43+,48-44+. The van der Waals surface area contributed by atoms with E-state index in [1.165, 1.54) is 0 Å². The first kappa shape index (κ1) is 44.2. The van der Waals surface area contributed by atoms with Gasteiger partial charge in [0.05, 0.1) is 47.8 Å². The SMILES string of the molecule is CCn1nc(C)cc1C(=O)/N=c1\n(C)c2c(Br)cccc2n1C/C(C)=C(\C)Cn1/c(=N/C(=O)c2cc(C)nn2CC)n(C)c2cc(C(N)=O)cc(OCCCN3CCOCC3)c21. The minimum absolute atomic E-state index is 0.274. The fourth-order valence-corrected chi connectivity index (χ4v) is 8.65. The molecule has 17 nitrogen and oxygen atoms in total. The lowest BCUT2D eigenvalue weighted by Gasteiger charge is -2.26. The van der Waals surface area contributed by atoms with Crippen molar-refractivity contribution in [3.05, 3.63) is 97.7 Å². The van der Waals surface area contributed by atoms with Crippen LogP contribution in [0.2, 0.25) is 0 Å². The molecular weight excluding hydrogens is 856 g/mol. The van der Waals surface area contributed by atoms with E-state index in [0.29, 0.717) is 91.1 Å². The monoisotopic (exact) mass is 910 g/mol. The molecule has 6 aromatic rings. The van der Waals surface area contributed by atoms with E-state index >= 15 is 0 Å². The highest BCUT2D eigenvalue weighted by atomic mass is 79.9. The summed E-state index contributed by atoms with van der Waals surface area (Å²) in [6.45, 7) is 17.7. The van der Waals surface area contributed by atoms with Crippen molar-refractivity contribution in [1.82, 2.24) is 42.7 Å². The van der Waals surface area contributed by atoms with Gasteiger partial charge in [-0.25, -0.2) is 0 Å². The van der Waals surface area contributed by atoms with Gasteiger partial charge in [0.1, 0.15) is 22.7 Å². The lowest BCUT2D eigenvalue weighted by molar-refractivity contribution is 0.0358. The predicted octanol–water partition coefficient (Wildman–Crippen LogP) is 4.80. The van der Waals surface area contributed by atoms with Gasteiger partial charge in [0, 0.05) is 69.9 Å². The highest BCUT2D eigenvalue weighted by Crippen LogP contribution is 2.29. The van der Waals surface area contributed by atoms with Crippen LogP contribution in [0, 0.1) is 13.8 Å². The molecule has 5 heterocycles. The Morgan fingerprint density at radius 1 is 0.806 bits per heavy atom. The van der Waals surface area contributed by atoms with Gasteiger partial charge in [-0.1, -0.05) is 17.2 Å². The number of aromatic nitrogens is 8. The molecular formula is C44H55BrN12O5. The van der Waals surface area contributed by atoms with Gasteiger partial charge in [0.2, 0.25) is 17.1 Å². The summed E-state index contributed by atoms with van der Waals surface area (Å²) in [6, 6.07) is 12.8. The molecule has 0 bridgehead atoms. The van der Waals surface area contributed by atoms with Crippen LogP contribution in [0.4, 0.5) is 0 Å². The first-order valence-corrected chi connectivity index (χ1v) is 21.7. The summed E-state index contributed by atoms with van der Waals surface area (Å²) in [6.07, 6.45) is 0.748. The van der Waals surface area contributed by atoms with Crippen molar-refractivity contribution < 1.29 is 23.9 Å². The number of carbonyl (C=O) groups is 3. The molecule has 3 amide bonds. The fourth-order valence-electron chi connectivity index (χ4n) is 8.03. The summed E-state index contributed by atoms with van der Waals surface area (Å²) in [5, 5.41) is 8.96. The van der Waals surface area contributed by atoms with Crippen molar-refractivity contribution in [3.63, 3.8) is 0 Å². The number of hydrogen-bond donors (Lipinski definition) is 1. The van der Waals surface area contributed by atoms with Crippen LogP contribution in [0.5, 0.6) is 5.75 Å². The van der Waals surface area contributed by atoms with Gasteiger partial charge in [-0.3, -0.25) is 28.6 Å². The number of nitrogens with zero attached hydrogens (tertiary/aromatic N) is 11. The number of imidazole rings is 2. The number of ether oxygens (including phenoxy) is 2. The van der Waals surface area contributed by atoms with Gasteiger partial charge in [-0.15, -0.1) is 0 Å². The molecule has 7 rings (SSSR count). The summed E-state index contributed by atoms with van der Waals surface area (Å²) < 4.78 is 23.9. The van der Waals surface area contributed by atoms with E-state index in [1.807, 2.05) is 87.5 Å². The number of carbonyl (C=O) groups excluding carboxylic acids is 3. The lowest BCUT2D eigenvalue weighted by Crippen LogP contribution is -2.37. The number of primary amides is 1. The number of para-hydroxylation sites is 1. The van der Waals surface area contributed by atoms with Gasteiger partial charge < -0.3 is 33.5 Å². The van der Waals surface area contributed by atoms with Crippen molar-refractivity contribution in [1.29, 1.82) is 0 Å². The van der Waals surface area contributed by atoms with E-state index in [0.717, 1.165) is 58.4 Å². The van der Waals surface area contributed by atoms with Gasteiger partial charge >= 0.3 is 0 Å².